The van der Waals surface area contributed by atoms with E-state index in [1.807, 2.05) is 6.07 Å². The Bertz CT molecular complexity index is 517. The molecule has 0 heterocycles. The molecule has 1 aromatic rings. The molecule has 0 aliphatic heterocycles. The van der Waals surface area contributed by atoms with Gasteiger partial charge in [-0.2, -0.15) is 5.26 Å². The summed E-state index contributed by atoms with van der Waals surface area (Å²) in [6, 6.07) is 6.52. The highest BCUT2D eigenvalue weighted by Crippen LogP contribution is 2.08. The van der Waals surface area contributed by atoms with E-state index in [1.54, 1.807) is 24.3 Å². The molecule has 2 amide bonds. The number of carboxylic acid groups (broad SMARTS) is 1. The fourth-order valence-electron chi connectivity index (χ4n) is 1.34. The molecule has 6 heteroatoms. The Morgan fingerprint density at radius 3 is 2.53 bits per heavy atom. The molecule has 0 saturated heterocycles. The van der Waals surface area contributed by atoms with Crippen LogP contribution >= 0.6 is 0 Å². The third-order valence-corrected chi connectivity index (χ3v) is 2.28. The van der Waals surface area contributed by atoms with E-state index in [-0.39, 0.29) is 6.42 Å². The van der Waals surface area contributed by atoms with Crippen molar-refractivity contribution in [3.63, 3.8) is 0 Å². The number of carboxylic acids is 1. The van der Waals surface area contributed by atoms with Gasteiger partial charge in [0.25, 0.3) is 0 Å². The number of hydrogen-bond donors (Lipinski definition) is 3. The summed E-state index contributed by atoms with van der Waals surface area (Å²) in [4.78, 5) is 22.4. The van der Waals surface area contributed by atoms with Crippen molar-refractivity contribution < 1.29 is 14.7 Å². The number of benzene rings is 1. The highest BCUT2D eigenvalue weighted by molar-refractivity contribution is 5.92. The summed E-state index contributed by atoms with van der Waals surface area (Å²) in [5.74, 6) is -1.13. The first-order valence-corrected chi connectivity index (χ1v) is 5.48. The second kappa shape index (κ2) is 6.81. The molecule has 1 rings (SSSR count). The lowest BCUT2D eigenvalue weighted by Gasteiger charge is -2.13. The molecular weight excluding hydrogens is 246 g/mol. The topological polar surface area (TPSA) is 102 Å². The number of urea groups is 1. The lowest BCUT2D eigenvalue weighted by Crippen LogP contribution is -2.42. The molecule has 1 unspecified atom stereocenters. The smallest absolute Gasteiger partial charge is 0.326 e. The zero-order valence-electron chi connectivity index (χ0n) is 10.1. The number of amides is 2. The van der Waals surface area contributed by atoms with Gasteiger partial charge in [0.1, 0.15) is 6.04 Å². The summed E-state index contributed by atoms with van der Waals surface area (Å²) < 4.78 is 0. The molecule has 0 aliphatic carbocycles. The number of anilines is 1. The number of carbonyl (C=O) groups is 2. The minimum Gasteiger partial charge on any atom is -0.480 e. The van der Waals surface area contributed by atoms with Crippen molar-refractivity contribution in [1.82, 2.24) is 5.32 Å². The zero-order chi connectivity index (χ0) is 14.3. The fourth-order valence-corrected chi connectivity index (χ4v) is 1.34. The van der Waals surface area contributed by atoms with Gasteiger partial charge < -0.3 is 15.7 Å². The Labute approximate surface area is 110 Å². The molecule has 0 aromatic heterocycles. The Morgan fingerprint density at radius 2 is 2.05 bits per heavy atom. The van der Waals surface area contributed by atoms with E-state index in [4.69, 9.17) is 10.4 Å². The number of carbonyl (C=O) groups excluding carboxylic acids is 1. The summed E-state index contributed by atoms with van der Waals surface area (Å²) in [5, 5.41) is 22.3. The van der Waals surface area contributed by atoms with Gasteiger partial charge in [-0.15, -0.1) is 6.58 Å². The lowest BCUT2D eigenvalue weighted by atomic mass is 10.2. The Hall–Kier alpha value is -2.81. The van der Waals surface area contributed by atoms with Gasteiger partial charge in [0.2, 0.25) is 0 Å². The van der Waals surface area contributed by atoms with Crippen LogP contribution in [0.25, 0.3) is 0 Å². The summed E-state index contributed by atoms with van der Waals surface area (Å²) in [6.45, 7) is 3.43. The first kappa shape index (κ1) is 14.3. The summed E-state index contributed by atoms with van der Waals surface area (Å²) >= 11 is 0. The van der Waals surface area contributed by atoms with Gasteiger partial charge in [-0.1, -0.05) is 6.08 Å². The largest absolute Gasteiger partial charge is 0.480 e. The van der Waals surface area contributed by atoms with Crippen LogP contribution in [0, 0.1) is 11.3 Å². The lowest BCUT2D eigenvalue weighted by molar-refractivity contribution is -0.139. The molecule has 1 atom stereocenters. The minimum absolute atomic E-state index is 0.135. The second-order valence-corrected chi connectivity index (χ2v) is 3.70. The van der Waals surface area contributed by atoms with Crippen molar-refractivity contribution in [2.75, 3.05) is 5.32 Å². The van der Waals surface area contributed by atoms with Crippen LogP contribution in [0.4, 0.5) is 10.5 Å². The van der Waals surface area contributed by atoms with Crippen molar-refractivity contribution in [1.29, 1.82) is 5.26 Å². The van der Waals surface area contributed by atoms with Crippen LogP contribution in [0.2, 0.25) is 0 Å². The van der Waals surface area contributed by atoms with Gasteiger partial charge in [0.05, 0.1) is 11.6 Å². The molecule has 0 aliphatic rings. The molecule has 0 bridgehead atoms. The average molecular weight is 259 g/mol. The van der Waals surface area contributed by atoms with Crippen LogP contribution in [0.3, 0.4) is 0 Å². The fraction of sp³-hybridized carbons (Fsp3) is 0.154. The van der Waals surface area contributed by atoms with Gasteiger partial charge in [-0.25, -0.2) is 9.59 Å². The van der Waals surface area contributed by atoms with E-state index in [0.717, 1.165) is 0 Å². The molecule has 0 saturated carbocycles. The quantitative estimate of drug-likeness (QED) is 0.700. The summed E-state index contributed by atoms with van der Waals surface area (Å²) in [5.41, 5.74) is 0.945. The number of nitrogens with zero attached hydrogens (tertiary/aromatic N) is 1. The highest BCUT2D eigenvalue weighted by Gasteiger charge is 2.17. The molecule has 6 nitrogen and oxygen atoms in total. The number of rotatable bonds is 5. The second-order valence-electron chi connectivity index (χ2n) is 3.70. The number of hydrogen-bond acceptors (Lipinski definition) is 3. The summed E-state index contributed by atoms with van der Waals surface area (Å²) in [6.07, 6.45) is 1.55. The van der Waals surface area contributed by atoms with E-state index in [9.17, 15) is 9.59 Å². The highest BCUT2D eigenvalue weighted by atomic mass is 16.4. The van der Waals surface area contributed by atoms with Crippen molar-refractivity contribution in [3.05, 3.63) is 42.5 Å². The van der Waals surface area contributed by atoms with Crippen molar-refractivity contribution in [3.8, 4) is 6.07 Å². The molecule has 19 heavy (non-hydrogen) atoms. The van der Waals surface area contributed by atoms with Crippen LogP contribution in [0.15, 0.2) is 36.9 Å². The average Bonchev–Trinajstić information content (AvgIpc) is 2.39. The molecule has 98 valence electrons. The molecule has 0 spiro atoms. The van der Waals surface area contributed by atoms with E-state index in [1.165, 1.54) is 6.08 Å². The Balaban J connectivity index is 2.61. The first-order chi connectivity index (χ1) is 9.06. The maximum atomic E-state index is 11.6. The van der Waals surface area contributed by atoms with E-state index >= 15 is 0 Å². The van der Waals surface area contributed by atoms with Gasteiger partial charge in [0.15, 0.2) is 0 Å². The third kappa shape index (κ3) is 4.52. The monoisotopic (exact) mass is 259 g/mol. The Morgan fingerprint density at radius 1 is 1.42 bits per heavy atom. The van der Waals surface area contributed by atoms with Crippen molar-refractivity contribution in [2.45, 2.75) is 12.5 Å². The van der Waals surface area contributed by atoms with E-state index in [0.29, 0.717) is 11.3 Å². The molecular formula is C13H13N3O3. The number of aliphatic carboxylic acids is 1. The minimum atomic E-state index is -1.13. The van der Waals surface area contributed by atoms with Gasteiger partial charge in [0, 0.05) is 5.69 Å². The number of nitrogens with one attached hydrogen (secondary N) is 2. The molecule has 0 fully saturated rings. The first-order valence-electron chi connectivity index (χ1n) is 5.48. The van der Waals surface area contributed by atoms with Gasteiger partial charge in [-0.05, 0) is 30.7 Å². The maximum Gasteiger partial charge on any atom is 0.326 e. The molecule has 1 aromatic carbocycles. The third-order valence-electron chi connectivity index (χ3n) is 2.28. The van der Waals surface area contributed by atoms with Gasteiger partial charge in [-0.3, -0.25) is 0 Å². The standard InChI is InChI=1S/C13H13N3O3/c1-2-3-11(12(17)18)16-13(19)15-10-6-4-9(8-14)5-7-10/h2,4-7,11H,1,3H2,(H,17,18)(H2,15,16,19). The van der Waals surface area contributed by atoms with Crippen LogP contribution < -0.4 is 10.6 Å². The maximum absolute atomic E-state index is 11.6. The van der Waals surface area contributed by atoms with Crippen molar-refractivity contribution in [2.24, 2.45) is 0 Å². The van der Waals surface area contributed by atoms with Crippen LogP contribution in [0.5, 0.6) is 0 Å². The van der Waals surface area contributed by atoms with Crippen LogP contribution in [-0.4, -0.2) is 23.1 Å². The summed E-state index contributed by atoms with van der Waals surface area (Å²) in [7, 11) is 0. The predicted octanol–water partition coefficient (Wildman–Crippen LogP) is 1.71. The molecule has 0 radical (unpaired) electrons. The Kier molecular flexibility index (Phi) is 5.11. The number of nitriles is 1. The van der Waals surface area contributed by atoms with Gasteiger partial charge >= 0.3 is 12.0 Å². The van der Waals surface area contributed by atoms with E-state index in [2.05, 4.69) is 17.2 Å². The van der Waals surface area contributed by atoms with Crippen LogP contribution in [-0.2, 0) is 4.79 Å². The SMILES string of the molecule is C=CCC(NC(=O)Nc1ccc(C#N)cc1)C(=O)O. The van der Waals surface area contributed by atoms with E-state index < -0.39 is 18.0 Å². The molecule has 3 N–H and O–H groups in total. The predicted molar refractivity (Wildman–Crippen MR) is 69.5 cm³/mol. The van der Waals surface area contributed by atoms with Crippen LogP contribution in [0.1, 0.15) is 12.0 Å². The van der Waals surface area contributed by atoms with Crippen molar-refractivity contribution >= 4 is 17.7 Å². The zero-order valence-corrected chi connectivity index (χ0v) is 10.1. The normalized spacial score (nSPS) is 10.9.